The van der Waals surface area contributed by atoms with Crippen LogP contribution in [0.25, 0.3) is 0 Å². The van der Waals surface area contributed by atoms with Crippen molar-refractivity contribution < 1.29 is 8.78 Å². The Kier molecular flexibility index (Phi) is 4.15. The molecule has 2 rings (SSSR count). The number of aryl methyl sites for hydroxylation is 1. The molecule has 0 heterocycles. The van der Waals surface area contributed by atoms with Crippen LogP contribution in [-0.4, -0.2) is 6.04 Å². The molecule has 1 N–H and O–H groups in total. The quantitative estimate of drug-likeness (QED) is 0.864. The van der Waals surface area contributed by atoms with E-state index in [0.29, 0.717) is 5.56 Å². The summed E-state index contributed by atoms with van der Waals surface area (Å²) in [4.78, 5) is 0. The SMILES string of the molecule is Cc1ccc(NC(C)Cc2ccc(F)cc2)cc1F. The number of rotatable bonds is 4. The zero-order valence-corrected chi connectivity index (χ0v) is 11.1. The molecule has 1 nitrogen and oxygen atoms in total. The van der Waals surface area contributed by atoms with Crippen LogP contribution in [0.4, 0.5) is 14.5 Å². The van der Waals surface area contributed by atoms with Crippen molar-refractivity contribution in [2.45, 2.75) is 26.3 Å². The second-order valence-electron chi connectivity index (χ2n) is 4.84. The maximum absolute atomic E-state index is 13.4. The van der Waals surface area contributed by atoms with E-state index in [4.69, 9.17) is 0 Å². The van der Waals surface area contributed by atoms with Crippen molar-refractivity contribution in [1.82, 2.24) is 0 Å². The summed E-state index contributed by atoms with van der Waals surface area (Å²) in [5.74, 6) is -0.441. The van der Waals surface area contributed by atoms with Gasteiger partial charge in [0.15, 0.2) is 0 Å². The Morgan fingerprint density at radius 1 is 1.05 bits per heavy atom. The van der Waals surface area contributed by atoms with E-state index in [1.54, 1.807) is 25.1 Å². The highest BCUT2D eigenvalue weighted by molar-refractivity contribution is 5.46. The Balaban J connectivity index is 1.98. The molecule has 0 spiro atoms. The molecule has 0 saturated heterocycles. The van der Waals surface area contributed by atoms with Gasteiger partial charge in [-0.05, 0) is 55.7 Å². The lowest BCUT2D eigenvalue weighted by Gasteiger charge is -2.15. The van der Waals surface area contributed by atoms with Crippen LogP contribution in [0.1, 0.15) is 18.1 Å². The molecule has 0 bridgehead atoms. The van der Waals surface area contributed by atoms with Crippen LogP contribution in [0, 0.1) is 18.6 Å². The molecule has 2 aromatic carbocycles. The second-order valence-corrected chi connectivity index (χ2v) is 4.84. The first-order valence-corrected chi connectivity index (χ1v) is 6.32. The van der Waals surface area contributed by atoms with Crippen molar-refractivity contribution in [3.05, 3.63) is 65.2 Å². The lowest BCUT2D eigenvalue weighted by Crippen LogP contribution is -2.18. The fraction of sp³-hybridized carbons (Fsp3) is 0.250. The van der Waals surface area contributed by atoms with Crippen LogP contribution >= 0.6 is 0 Å². The lowest BCUT2D eigenvalue weighted by atomic mass is 10.1. The van der Waals surface area contributed by atoms with Crippen molar-refractivity contribution in [2.75, 3.05) is 5.32 Å². The van der Waals surface area contributed by atoms with Gasteiger partial charge in [-0.3, -0.25) is 0 Å². The van der Waals surface area contributed by atoms with Crippen LogP contribution in [0.5, 0.6) is 0 Å². The van der Waals surface area contributed by atoms with E-state index in [2.05, 4.69) is 5.32 Å². The molecule has 3 heteroatoms. The molecule has 19 heavy (non-hydrogen) atoms. The van der Waals surface area contributed by atoms with Crippen molar-refractivity contribution >= 4 is 5.69 Å². The Bertz CT molecular complexity index is 549. The van der Waals surface area contributed by atoms with E-state index in [0.717, 1.165) is 17.7 Å². The zero-order chi connectivity index (χ0) is 13.8. The first-order chi connectivity index (χ1) is 9.04. The molecule has 0 amide bonds. The average molecular weight is 261 g/mol. The van der Waals surface area contributed by atoms with E-state index in [9.17, 15) is 8.78 Å². The van der Waals surface area contributed by atoms with E-state index in [1.165, 1.54) is 18.2 Å². The summed E-state index contributed by atoms with van der Waals surface area (Å²) in [6.07, 6.45) is 0.760. The van der Waals surface area contributed by atoms with E-state index < -0.39 is 0 Å². The third-order valence-corrected chi connectivity index (χ3v) is 3.04. The minimum atomic E-state index is -0.232. The predicted molar refractivity (Wildman–Crippen MR) is 74.3 cm³/mol. The van der Waals surface area contributed by atoms with Crippen molar-refractivity contribution in [3.8, 4) is 0 Å². The minimum Gasteiger partial charge on any atom is -0.382 e. The van der Waals surface area contributed by atoms with Crippen molar-refractivity contribution in [3.63, 3.8) is 0 Å². The highest BCUT2D eigenvalue weighted by atomic mass is 19.1. The molecular weight excluding hydrogens is 244 g/mol. The normalized spacial score (nSPS) is 12.2. The van der Waals surface area contributed by atoms with Crippen LogP contribution in [0.15, 0.2) is 42.5 Å². The molecule has 0 aliphatic rings. The second kappa shape index (κ2) is 5.83. The van der Waals surface area contributed by atoms with Gasteiger partial charge in [-0.2, -0.15) is 0 Å². The van der Waals surface area contributed by atoms with E-state index in [1.807, 2.05) is 13.0 Å². The molecule has 0 aromatic heterocycles. The summed E-state index contributed by atoms with van der Waals surface area (Å²) in [7, 11) is 0. The molecule has 1 unspecified atom stereocenters. The van der Waals surface area contributed by atoms with Crippen molar-refractivity contribution in [1.29, 1.82) is 0 Å². The number of hydrogen-bond donors (Lipinski definition) is 1. The molecule has 1 atom stereocenters. The number of hydrogen-bond acceptors (Lipinski definition) is 1. The summed E-state index contributed by atoms with van der Waals surface area (Å²) in [6, 6.07) is 11.7. The molecule has 0 aliphatic heterocycles. The lowest BCUT2D eigenvalue weighted by molar-refractivity contribution is 0.618. The third kappa shape index (κ3) is 3.78. The zero-order valence-electron chi connectivity index (χ0n) is 11.1. The van der Waals surface area contributed by atoms with Gasteiger partial charge >= 0.3 is 0 Å². The number of anilines is 1. The van der Waals surface area contributed by atoms with E-state index in [-0.39, 0.29) is 17.7 Å². The highest BCUT2D eigenvalue weighted by Crippen LogP contribution is 2.16. The van der Waals surface area contributed by atoms with Gasteiger partial charge in [-0.15, -0.1) is 0 Å². The number of nitrogens with one attached hydrogen (secondary N) is 1. The predicted octanol–water partition coefficient (Wildman–Crippen LogP) is 4.32. The average Bonchev–Trinajstić information content (AvgIpc) is 2.37. The van der Waals surface area contributed by atoms with Gasteiger partial charge in [0, 0.05) is 11.7 Å². The van der Waals surface area contributed by atoms with Gasteiger partial charge < -0.3 is 5.32 Å². The van der Waals surface area contributed by atoms with Gasteiger partial charge in [-0.25, -0.2) is 8.78 Å². The molecule has 0 fully saturated rings. The Morgan fingerprint density at radius 2 is 1.74 bits per heavy atom. The summed E-state index contributed by atoms with van der Waals surface area (Å²) in [5.41, 5.74) is 2.45. The summed E-state index contributed by atoms with van der Waals surface area (Å²) >= 11 is 0. The smallest absolute Gasteiger partial charge is 0.128 e. The van der Waals surface area contributed by atoms with Gasteiger partial charge in [0.05, 0.1) is 0 Å². The maximum atomic E-state index is 13.4. The number of halogens is 2. The van der Waals surface area contributed by atoms with Gasteiger partial charge in [0.25, 0.3) is 0 Å². The fourth-order valence-corrected chi connectivity index (χ4v) is 1.99. The van der Waals surface area contributed by atoms with Crippen LogP contribution in [-0.2, 0) is 6.42 Å². The Labute approximate surface area is 112 Å². The van der Waals surface area contributed by atoms with Gasteiger partial charge in [0.2, 0.25) is 0 Å². The standard InChI is InChI=1S/C16H17F2N/c1-11-3-8-15(10-16(11)18)19-12(2)9-13-4-6-14(17)7-5-13/h3-8,10,12,19H,9H2,1-2H3. The molecule has 0 aliphatic carbocycles. The Morgan fingerprint density at radius 3 is 2.37 bits per heavy atom. The fourth-order valence-electron chi connectivity index (χ4n) is 1.99. The molecule has 0 saturated carbocycles. The minimum absolute atomic E-state index is 0.146. The van der Waals surface area contributed by atoms with E-state index >= 15 is 0 Å². The topological polar surface area (TPSA) is 12.0 Å². The third-order valence-electron chi connectivity index (χ3n) is 3.04. The van der Waals surface area contributed by atoms with Crippen LogP contribution in [0.2, 0.25) is 0 Å². The maximum Gasteiger partial charge on any atom is 0.128 e. The molecule has 100 valence electrons. The molecule has 2 aromatic rings. The summed E-state index contributed by atoms with van der Waals surface area (Å²) in [5, 5.41) is 3.24. The number of benzene rings is 2. The molecular formula is C16H17F2N. The van der Waals surface area contributed by atoms with Crippen molar-refractivity contribution in [2.24, 2.45) is 0 Å². The molecule has 0 radical (unpaired) electrons. The Hall–Kier alpha value is -1.90. The largest absolute Gasteiger partial charge is 0.382 e. The monoisotopic (exact) mass is 261 g/mol. The van der Waals surface area contributed by atoms with Gasteiger partial charge in [-0.1, -0.05) is 18.2 Å². The highest BCUT2D eigenvalue weighted by Gasteiger charge is 2.05. The first-order valence-electron chi connectivity index (χ1n) is 6.32. The summed E-state index contributed by atoms with van der Waals surface area (Å²) in [6.45, 7) is 3.75. The first kappa shape index (κ1) is 13.5. The van der Waals surface area contributed by atoms with Gasteiger partial charge in [0.1, 0.15) is 11.6 Å². The summed E-state index contributed by atoms with van der Waals surface area (Å²) < 4.78 is 26.2. The van der Waals surface area contributed by atoms with Crippen LogP contribution in [0.3, 0.4) is 0 Å². The van der Waals surface area contributed by atoms with Crippen LogP contribution < -0.4 is 5.32 Å².